The van der Waals surface area contributed by atoms with E-state index in [1.54, 1.807) is 0 Å². The SMILES string of the molecule is COc1cc(NC(=O)C2=NN(C3CCS(=O)(=O)C3)C(=O)CC2)c(OC)cc1Cl. The molecule has 1 aromatic carbocycles. The van der Waals surface area contributed by atoms with Gasteiger partial charge in [-0.25, -0.2) is 13.4 Å². The fraction of sp³-hybridized carbons (Fsp3) is 0.471. The van der Waals surface area contributed by atoms with Crippen LogP contribution in [0.5, 0.6) is 11.5 Å². The summed E-state index contributed by atoms with van der Waals surface area (Å²) >= 11 is 6.06. The summed E-state index contributed by atoms with van der Waals surface area (Å²) in [7, 11) is -0.296. The first-order valence-corrected chi connectivity index (χ1v) is 10.8. The average molecular weight is 430 g/mol. The number of rotatable bonds is 5. The first-order chi connectivity index (χ1) is 13.2. The van der Waals surface area contributed by atoms with Crippen molar-refractivity contribution in [3.63, 3.8) is 0 Å². The van der Waals surface area contributed by atoms with Gasteiger partial charge in [0.25, 0.3) is 5.91 Å². The minimum Gasteiger partial charge on any atom is -0.495 e. The molecule has 1 atom stereocenters. The number of methoxy groups -OCH3 is 2. The van der Waals surface area contributed by atoms with Crippen molar-refractivity contribution in [1.29, 1.82) is 0 Å². The van der Waals surface area contributed by atoms with Crippen LogP contribution in [0.15, 0.2) is 17.2 Å². The number of amides is 2. The number of carbonyl (C=O) groups is 2. The van der Waals surface area contributed by atoms with E-state index in [2.05, 4.69) is 10.4 Å². The largest absolute Gasteiger partial charge is 0.495 e. The molecule has 2 aliphatic heterocycles. The lowest BCUT2D eigenvalue weighted by molar-refractivity contribution is -0.133. The van der Waals surface area contributed by atoms with Crippen LogP contribution in [-0.4, -0.2) is 62.7 Å². The maximum atomic E-state index is 12.7. The number of benzene rings is 1. The van der Waals surface area contributed by atoms with E-state index < -0.39 is 21.8 Å². The molecule has 2 aliphatic rings. The van der Waals surface area contributed by atoms with Crippen molar-refractivity contribution in [2.24, 2.45) is 5.10 Å². The predicted molar refractivity (Wildman–Crippen MR) is 104 cm³/mol. The van der Waals surface area contributed by atoms with Gasteiger partial charge < -0.3 is 14.8 Å². The third-order valence-electron chi connectivity index (χ3n) is 4.60. The molecule has 2 heterocycles. The van der Waals surface area contributed by atoms with Gasteiger partial charge in [0, 0.05) is 25.0 Å². The highest BCUT2D eigenvalue weighted by Crippen LogP contribution is 2.36. The lowest BCUT2D eigenvalue weighted by atomic mass is 10.1. The summed E-state index contributed by atoms with van der Waals surface area (Å²) in [5.74, 6) is -0.230. The molecule has 0 bridgehead atoms. The second-order valence-electron chi connectivity index (χ2n) is 6.48. The zero-order valence-corrected chi connectivity index (χ0v) is 17.0. The smallest absolute Gasteiger partial charge is 0.271 e. The fourth-order valence-electron chi connectivity index (χ4n) is 3.14. The van der Waals surface area contributed by atoms with Crippen LogP contribution in [0, 0.1) is 0 Å². The van der Waals surface area contributed by atoms with Crippen LogP contribution in [0.3, 0.4) is 0 Å². The van der Waals surface area contributed by atoms with E-state index in [0.29, 0.717) is 28.6 Å². The van der Waals surface area contributed by atoms with Gasteiger partial charge in [-0.15, -0.1) is 0 Å². The molecule has 0 radical (unpaired) electrons. The van der Waals surface area contributed by atoms with Crippen LogP contribution in [0.25, 0.3) is 0 Å². The van der Waals surface area contributed by atoms with Gasteiger partial charge in [0.1, 0.15) is 17.2 Å². The van der Waals surface area contributed by atoms with Gasteiger partial charge >= 0.3 is 0 Å². The van der Waals surface area contributed by atoms with E-state index in [-0.39, 0.29) is 36.0 Å². The highest BCUT2D eigenvalue weighted by molar-refractivity contribution is 7.91. The van der Waals surface area contributed by atoms with Crippen molar-refractivity contribution in [3.05, 3.63) is 17.2 Å². The first kappa shape index (κ1) is 20.4. The topological polar surface area (TPSA) is 114 Å². The lowest BCUT2D eigenvalue weighted by Crippen LogP contribution is -2.42. The van der Waals surface area contributed by atoms with E-state index in [0.717, 1.165) is 5.01 Å². The number of ether oxygens (including phenoxy) is 2. The number of hydrazone groups is 1. The van der Waals surface area contributed by atoms with E-state index in [1.165, 1.54) is 26.4 Å². The summed E-state index contributed by atoms with van der Waals surface area (Å²) in [6, 6.07) is 2.50. The molecule has 1 fully saturated rings. The van der Waals surface area contributed by atoms with Gasteiger partial charge in [-0.3, -0.25) is 9.59 Å². The summed E-state index contributed by atoms with van der Waals surface area (Å²) in [6.45, 7) is 0. The number of anilines is 1. The molecule has 1 unspecified atom stereocenters. The molecule has 1 saturated heterocycles. The van der Waals surface area contributed by atoms with E-state index in [4.69, 9.17) is 21.1 Å². The number of hydrogen-bond acceptors (Lipinski definition) is 7. The maximum absolute atomic E-state index is 12.7. The van der Waals surface area contributed by atoms with Crippen LogP contribution in [0.1, 0.15) is 19.3 Å². The first-order valence-electron chi connectivity index (χ1n) is 8.57. The monoisotopic (exact) mass is 429 g/mol. The van der Waals surface area contributed by atoms with Crippen molar-refractivity contribution in [3.8, 4) is 11.5 Å². The Hall–Kier alpha value is -2.33. The minimum absolute atomic E-state index is 0.0142. The Morgan fingerprint density at radius 2 is 1.96 bits per heavy atom. The molecule has 11 heteroatoms. The zero-order chi connectivity index (χ0) is 20.5. The number of sulfone groups is 1. The maximum Gasteiger partial charge on any atom is 0.271 e. The summed E-state index contributed by atoms with van der Waals surface area (Å²) in [4.78, 5) is 24.9. The van der Waals surface area contributed by atoms with Crippen molar-refractivity contribution >= 4 is 44.7 Å². The second-order valence-corrected chi connectivity index (χ2v) is 9.12. The van der Waals surface area contributed by atoms with Gasteiger partial charge in [0.05, 0.1) is 42.5 Å². The van der Waals surface area contributed by atoms with Gasteiger partial charge in [-0.05, 0) is 6.42 Å². The Bertz CT molecular complexity index is 946. The van der Waals surface area contributed by atoms with Gasteiger partial charge in [-0.2, -0.15) is 5.10 Å². The molecule has 152 valence electrons. The van der Waals surface area contributed by atoms with Crippen molar-refractivity contribution < 1.29 is 27.5 Å². The average Bonchev–Trinajstić information content (AvgIpc) is 3.02. The predicted octanol–water partition coefficient (Wildman–Crippen LogP) is 1.46. The Morgan fingerprint density at radius 3 is 2.57 bits per heavy atom. The number of halogens is 1. The normalized spacial score (nSPS) is 21.2. The van der Waals surface area contributed by atoms with Crippen molar-refractivity contribution in [2.75, 3.05) is 31.0 Å². The van der Waals surface area contributed by atoms with Crippen LogP contribution in [0.2, 0.25) is 5.02 Å². The summed E-state index contributed by atoms with van der Waals surface area (Å²) in [5, 5.41) is 8.30. The number of nitrogens with one attached hydrogen (secondary N) is 1. The Labute approximate surface area is 167 Å². The van der Waals surface area contributed by atoms with Gasteiger partial charge in [0.15, 0.2) is 9.84 Å². The molecule has 1 N–H and O–H groups in total. The second kappa shape index (κ2) is 7.96. The van der Waals surface area contributed by atoms with E-state index in [9.17, 15) is 18.0 Å². The Kier molecular flexibility index (Phi) is 5.80. The number of carbonyl (C=O) groups excluding carboxylic acids is 2. The van der Waals surface area contributed by atoms with Crippen molar-refractivity contribution in [1.82, 2.24) is 5.01 Å². The van der Waals surface area contributed by atoms with Crippen LogP contribution in [0.4, 0.5) is 5.69 Å². The van der Waals surface area contributed by atoms with Gasteiger partial charge in [0.2, 0.25) is 5.91 Å². The highest BCUT2D eigenvalue weighted by atomic mass is 35.5. The fourth-order valence-corrected chi connectivity index (χ4v) is 5.06. The molecule has 3 rings (SSSR count). The molecular formula is C17H20ClN3O6S. The quantitative estimate of drug-likeness (QED) is 0.757. The molecule has 0 aliphatic carbocycles. The molecule has 0 spiro atoms. The van der Waals surface area contributed by atoms with Crippen LogP contribution in [-0.2, 0) is 19.4 Å². The minimum atomic E-state index is -3.18. The molecular weight excluding hydrogens is 410 g/mol. The Balaban J connectivity index is 1.82. The summed E-state index contributed by atoms with van der Waals surface area (Å²) in [5.41, 5.74) is 0.475. The molecule has 2 amide bonds. The zero-order valence-electron chi connectivity index (χ0n) is 15.4. The third kappa shape index (κ3) is 4.22. The summed E-state index contributed by atoms with van der Waals surface area (Å²) in [6.07, 6.45) is 0.562. The molecule has 9 nitrogen and oxygen atoms in total. The highest BCUT2D eigenvalue weighted by Gasteiger charge is 2.37. The number of hydrogen-bond donors (Lipinski definition) is 1. The third-order valence-corrected chi connectivity index (χ3v) is 6.64. The lowest BCUT2D eigenvalue weighted by Gasteiger charge is -2.27. The Morgan fingerprint density at radius 1 is 1.25 bits per heavy atom. The molecule has 0 aromatic heterocycles. The van der Waals surface area contributed by atoms with E-state index >= 15 is 0 Å². The van der Waals surface area contributed by atoms with Crippen LogP contribution >= 0.6 is 11.6 Å². The van der Waals surface area contributed by atoms with Crippen molar-refractivity contribution in [2.45, 2.75) is 25.3 Å². The van der Waals surface area contributed by atoms with Crippen LogP contribution < -0.4 is 14.8 Å². The van der Waals surface area contributed by atoms with E-state index in [1.807, 2.05) is 0 Å². The number of nitrogens with zero attached hydrogens (tertiary/aromatic N) is 2. The molecule has 1 aromatic rings. The standard InChI is InChI=1S/C17H20ClN3O6S/c1-26-14-8-13(15(27-2)7-11(14)18)19-17(23)12-3-4-16(22)21(20-12)10-5-6-28(24,25)9-10/h7-8,10H,3-6,9H2,1-2H3,(H,19,23). The molecule has 0 saturated carbocycles. The van der Waals surface area contributed by atoms with Gasteiger partial charge in [-0.1, -0.05) is 11.6 Å². The molecule has 28 heavy (non-hydrogen) atoms. The summed E-state index contributed by atoms with van der Waals surface area (Å²) < 4.78 is 33.8.